The number of piperidine rings is 1. The summed E-state index contributed by atoms with van der Waals surface area (Å²) in [7, 11) is 1.68. The molecule has 0 saturated carbocycles. The number of thiazole rings is 1. The number of para-hydroxylation sites is 1. The number of nitrogens with zero attached hydrogens (tertiary/aromatic N) is 4. The summed E-state index contributed by atoms with van der Waals surface area (Å²) < 4.78 is 20.0. The normalized spacial score (nSPS) is 15.0. The van der Waals surface area contributed by atoms with Crippen molar-refractivity contribution < 1.29 is 9.13 Å². The van der Waals surface area contributed by atoms with E-state index < -0.39 is 0 Å². The molecule has 0 unspecified atom stereocenters. The van der Waals surface area contributed by atoms with Gasteiger partial charge < -0.3 is 9.64 Å². The first-order valence-corrected chi connectivity index (χ1v) is 10.4. The number of rotatable bonds is 5. The Morgan fingerprint density at radius 2 is 2.00 bits per heavy atom. The average molecular weight is 399 g/mol. The zero-order valence-corrected chi connectivity index (χ0v) is 16.9. The van der Waals surface area contributed by atoms with Crippen molar-refractivity contribution in [1.29, 1.82) is 0 Å². The topological polar surface area (TPSA) is 51.1 Å². The summed E-state index contributed by atoms with van der Waals surface area (Å²) in [6.07, 6.45) is 3.90. The molecule has 0 amide bonds. The van der Waals surface area contributed by atoms with Crippen LogP contribution in [0.5, 0.6) is 5.75 Å². The minimum atomic E-state index is -0.281. The highest BCUT2D eigenvalue weighted by atomic mass is 32.1. The zero-order chi connectivity index (χ0) is 19.5. The van der Waals surface area contributed by atoms with Gasteiger partial charge >= 0.3 is 0 Å². The monoisotopic (exact) mass is 398 g/mol. The molecule has 3 aromatic rings. The number of methoxy groups -OCH3 is 1. The first-order valence-electron chi connectivity index (χ1n) is 9.54. The quantitative estimate of drug-likeness (QED) is 0.624. The molecule has 7 heteroatoms. The van der Waals surface area contributed by atoms with Crippen molar-refractivity contribution in [2.75, 3.05) is 25.1 Å². The van der Waals surface area contributed by atoms with Gasteiger partial charge in [-0.25, -0.2) is 19.3 Å². The van der Waals surface area contributed by atoms with Crippen LogP contribution >= 0.6 is 11.3 Å². The first-order chi connectivity index (χ1) is 13.7. The molecule has 0 atom stereocenters. The van der Waals surface area contributed by atoms with Crippen LogP contribution in [0.2, 0.25) is 0 Å². The third-order valence-electron chi connectivity index (χ3n) is 5.23. The van der Waals surface area contributed by atoms with Crippen LogP contribution in [-0.4, -0.2) is 35.2 Å². The van der Waals surface area contributed by atoms with Gasteiger partial charge in [0.05, 0.1) is 23.5 Å². The molecule has 0 aliphatic carbocycles. The molecular weight excluding hydrogens is 375 g/mol. The number of hydrogen-bond acceptors (Lipinski definition) is 6. The standard InChI is InChI=1S/C21H23FN4OS/c1-3-16-19(22)20(24-13-23-16)26-10-8-14(9-11-26)21-25-17(12-28-21)15-6-4-5-7-18(15)27-2/h4-7,12-14H,3,8-11H2,1-2H3. The summed E-state index contributed by atoms with van der Waals surface area (Å²) in [6, 6.07) is 7.94. The van der Waals surface area contributed by atoms with Crippen molar-refractivity contribution in [3.8, 4) is 17.0 Å². The smallest absolute Gasteiger partial charge is 0.187 e. The molecule has 5 nitrogen and oxygen atoms in total. The maximum absolute atomic E-state index is 14.6. The van der Waals surface area contributed by atoms with Gasteiger partial charge in [-0.3, -0.25) is 0 Å². The van der Waals surface area contributed by atoms with Gasteiger partial charge in [0.1, 0.15) is 12.1 Å². The van der Waals surface area contributed by atoms with Crippen LogP contribution in [0.4, 0.5) is 10.2 Å². The lowest BCUT2D eigenvalue weighted by Crippen LogP contribution is -2.34. The van der Waals surface area contributed by atoms with Crippen LogP contribution in [-0.2, 0) is 6.42 Å². The van der Waals surface area contributed by atoms with Gasteiger partial charge in [-0.05, 0) is 31.4 Å². The molecule has 3 heterocycles. The number of hydrogen-bond donors (Lipinski definition) is 0. The minimum absolute atomic E-state index is 0.281. The van der Waals surface area contributed by atoms with E-state index in [-0.39, 0.29) is 5.82 Å². The van der Waals surface area contributed by atoms with E-state index in [1.165, 1.54) is 6.33 Å². The van der Waals surface area contributed by atoms with Gasteiger partial charge in [0.2, 0.25) is 0 Å². The van der Waals surface area contributed by atoms with Crippen molar-refractivity contribution in [1.82, 2.24) is 15.0 Å². The predicted molar refractivity (Wildman–Crippen MR) is 110 cm³/mol. The Labute approximate surface area is 168 Å². The average Bonchev–Trinajstić information content (AvgIpc) is 3.24. The lowest BCUT2D eigenvalue weighted by molar-refractivity contribution is 0.416. The first kappa shape index (κ1) is 18.8. The lowest BCUT2D eigenvalue weighted by atomic mass is 9.97. The zero-order valence-electron chi connectivity index (χ0n) is 16.1. The summed E-state index contributed by atoms with van der Waals surface area (Å²) in [5.74, 6) is 1.37. The largest absolute Gasteiger partial charge is 0.496 e. The molecule has 0 bridgehead atoms. The van der Waals surface area contributed by atoms with Crippen LogP contribution in [0.15, 0.2) is 36.0 Å². The molecular formula is C21H23FN4OS. The minimum Gasteiger partial charge on any atom is -0.496 e. The second-order valence-electron chi connectivity index (χ2n) is 6.84. The third-order valence-corrected chi connectivity index (χ3v) is 6.23. The number of benzene rings is 1. The number of anilines is 1. The molecule has 2 aromatic heterocycles. The number of halogens is 1. The Morgan fingerprint density at radius 3 is 2.75 bits per heavy atom. The molecule has 4 rings (SSSR count). The fourth-order valence-electron chi connectivity index (χ4n) is 3.66. The second-order valence-corrected chi connectivity index (χ2v) is 7.73. The molecule has 1 aliphatic rings. The number of aryl methyl sites for hydroxylation is 1. The second kappa shape index (κ2) is 8.22. The maximum Gasteiger partial charge on any atom is 0.187 e. The van der Waals surface area contributed by atoms with E-state index in [0.717, 1.165) is 47.9 Å². The van der Waals surface area contributed by atoms with Crippen LogP contribution in [0.25, 0.3) is 11.3 Å². The molecule has 0 spiro atoms. The fourth-order valence-corrected chi connectivity index (χ4v) is 4.65. The van der Waals surface area contributed by atoms with Crippen LogP contribution in [0.1, 0.15) is 36.4 Å². The van der Waals surface area contributed by atoms with E-state index in [0.29, 0.717) is 23.9 Å². The van der Waals surface area contributed by atoms with Crippen LogP contribution in [0, 0.1) is 5.82 Å². The molecule has 28 heavy (non-hydrogen) atoms. The van der Waals surface area contributed by atoms with E-state index in [9.17, 15) is 4.39 Å². The summed E-state index contributed by atoms with van der Waals surface area (Å²) >= 11 is 1.69. The summed E-state index contributed by atoms with van der Waals surface area (Å²) in [4.78, 5) is 15.1. The van der Waals surface area contributed by atoms with E-state index in [2.05, 4.69) is 15.3 Å². The van der Waals surface area contributed by atoms with Gasteiger partial charge in [-0.15, -0.1) is 11.3 Å². The van der Waals surface area contributed by atoms with Crippen molar-refractivity contribution >= 4 is 17.2 Å². The van der Waals surface area contributed by atoms with Gasteiger partial charge in [-0.2, -0.15) is 0 Å². The van der Waals surface area contributed by atoms with E-state index in [1.54, 1.807) is 18.4 Å². The van der Waals surface area contributed by atoms with Crippen LogP contribution in [0.3, 0.4) is 0 Å². The number of ether oxygens (including phenoxy) is 1. The lowest BCUT2D eigenvalue weighted by Gasteiger charge is -2.32. The Bertz CT molecular complexity index is 953. The Kier molecular flexibility index (Phi) is 5.52. The highest BCUT2D eigenvalue weighted by Gasteiger charge is 2.26. The predicted octanol–water partition coefficient (Wildman–Crippen LogP) is 4.69. The summed E-state index contributed by atoms with van der Waals surface area (Å²) in [5.41, 5.74) is 2.45. The Hall–Kier alpha value is -2.54. The Morgan fingerprint density at radius 1 is 1.21 bits per heavy atom. The highest BCUT2D eigenvalue weighted by molar-refractivity contribution is 7.10. The SMILES string of the molecule is CCc1ncnc(N2CCC(c3nc(-c4ccccc4OC)cs3)CC2)c1F. The van der Waals surface area contributed by atoms with Crippen molar-refractivity contribution in [3.05, 3.63) is 52.5 Å². The van der Waals surface area contributed by atoms with E-state index in [1.807, 2.05) is 36.1 Å². The van der Waals surface area contributed by atoms with Gasteiger partial charge in [-0.1, -0.05) is 19.1 Å². The van der Waals surface area contributed by atoms with Gasteiger partial charge in [0, 0.05) is 30.0 Å². The van der Waals surface area contributed by atoms with Crippen molar-refractivity contribution in [2.45, 2.75) is 32.1 Å². The van der Waals surface area contributed by atoms with Crippen molar-refractivity contribution in [2.24, 2.45) is 0 Å². The molecule has 1 fully saturated rings. The number of aromatic nitrogens is 3. The fraction of sp³-hybridized carbons (Fsp3) is 0.381. The molecule has 1 saturated heterocycles. The molecule has 1 aliphatic heterocycles. The third kappa shape index (κ3) is 3.58. The maximum atomic E-state index is 14.6. The molecule has 0 radical (unpaired) electrons. The van der Waals surface area contributed by atoms with E-state index in [4.69, 9.17) is 9.72 Å². The summed E-state index contributed by atoms with van der Waals surface area (Å²) in [5, 5.41) is 3.23. The highest BCUT2D eigenvalue weighted by Crippen LogP contribution is 2.36. The van der Waals surface area contributed by atoms with Gasteiger partial charge in [0.15, 0.2) is 11.6 Å². The molecule has 1 aromatic carbocycles. The van der Waals surface area contributed by atoms with Gasteiger partial charge in [0.25, 0.3) is 0 Å². The van der Waals surface area contributed by atoms with Crippen molar-refractivity contribution in [3.63, 3.8) is 0 Å². The molecule has 0 N–H and O–H groups in total. The Balaban J connectivity index is 1.47. The van der Waals surface area contributed by atoms with E-state index >= 15 is 0 Å². The van der Waals surface area contributed by atoms with Crippen LogP contribution < -0.4 is 9.64 Å². The summed E-state index contributed by atoms with van der Waals surface area (Å²) in [6.45, 7) is 3.44. The molecule has 146 valence electrons.